The van der Waals surface area contributed by atoms with E-state index in [9.17, 15) is 4.79 Å². The van der Waals surface area contributed by atoms with E-state index in [2.05, 4.69) is 12.2 Å². The number of carbonyl (C=O) groups is 1. The largest absolute Gasteiger partial charge is 0.465 e. The molecule has 21 heavy (non-hydrogen) atoms. The predicted molar refractivity (Wildman–Crippen MR) is 81.1 cm³/mol. The Morgan fingerprint density at radius 1 is 1.43 bits per heavy atom. The third-order valence-electron chi connectivity index (χ3n) is 3.47. The van der Waals surface area contributed by atoms with Crippen LogP contribution in [0, 0.1) is 0 Å². The fourth-order valence-corrected chi connectivity index (χ4v) is 2.37. The summed E-state index contributed by atoms with van der Waals surface area (Å²) in [5, 5.41) is 3.44. The summed E-state index contributed by atoms with van der Waals surface area (Å²) in [6.07, 6.45) is 1.63. The number of rotatable bonds is 4. The molecule has 1 unspecified atom stereocenters. The van der Waals surface area contributed by atoms with Crippen LogP contribution in [0.4, 0.5) is 4.79 Å². The van der Waals surface area contributed by atoms with E-state index >= 15 is 0 Å². The lowest BCUT2D eigenvalue weighted by molar-refractivity contribution is 0.0291. The van der Waals surface area contributed by atoms with Crippen LogP contribution in [0.15, 0.2) is 16.5 Å². The van der Waals surface area contributed by atoms with Gasteiger partial charge in [-0.3, -0.25) is 0 Å². The summed E-state index contributed by atoms with van der Waals surface area (Å²) in [7, 11) is 0. The van der Waals surface area contributed by atoms with Crippen molar-refractivity contribution in [2.45, 2.75) is 58.7 Å². The first-order chi connectivity index (χ1) is 9.87. The number of nitrogens with one attached hydrogen (secondary N) is 1. The summed E-state index contributed by atoms with van der Waals surface area (Å²) in [6.45, 7) is 9.87. The van der Waals surface area contributed by atoms with Gasteiger partial charge in [-0.1, -0.05) is 6.92 Å². The summed E-state index contributed by atoms with van der Waals surface area (Å²) >= 11 is 0. The Morgan fingerprint density at radius 2 is 2.14 bits per heavy atom. The van der Waals surface area contributed by atoms with Crippen LogP contribution in [-0.4, -0.2) is 35.7 Å². The summed E-state index contributed by atoms with van der Waals surface area (Å²) in [4.78, 5) is 13.7. The maximum absolute atomic E-state index is 12.0. The Bertz CT molecular complexity index is 476. The average Bonchev–Trinajstić information content (AvgIpc) is 3.03. The number of nitrogens with zero attached hydrogens (tertiary/aromatic N) is 1. The van der Waals surface area contributed by atoms with Crippen molar-refractivity contribution in [2.75, 3.05) is 13.1 Å². The van der Waals surface area contributed by atoms with Gasteiger partial charge in [0, 0.05) is 25.6 Å². The van der Waals surface area contributed by atoms with Gasteiger partial charge in [0.1, 0.15) is 17.1 Å². The van der Waals surface area contributed by atoms with E-state index < -0.39 is 5.60 Å². The second kappa shape index (κ2) is 6.52. The first-order valence-electron chi connectivity index (χ1n) is 7.66. The van der Waals surface area contributed by atoms with E-state index in [0.29, 0.717) is 19.1 Å². The maximum atomic E-state index is 12.0. The lowest BCUT2D eigenvalue weighted by Gasteiger charge is -2.24. The highest BCUT2D eigenvalue weighted by molar-refractivity contribution is 5.68. The van der Waals surface area contributed by atoms with Crippen molar-refractivity contribution >= 4 is 6.09 Å². The normalized spacial score (nSPS) is 19.0. The minimum atomic E-state index is -0.437. The number of hydrogen-bond donors (Lipinski definition) is 1. The van der Waals surface area contributed by atoms with Crippen molar-refractivity contribution < 1.29 is 13.9 Å². The highest BCUT2D eigenvalue weighted by atomic mass is 16.6. The molecule has 0 spiro atoms. The minimum Gasteiger partial charge on any atom is -0.465 e. The van der Waals surface area contributed by atoms with E-state index in [-0.39, 0.29) is 6.09 Å². The molecule has 0 aliphatic carbocycles. The van der Waals surface area contributed by atoms with Crippen molar-refractivity contribution in [1.82, 2.24) is 10.2 Å². The van der Waals surface area contributed by atoms with Crippen LogP contribution in [0.2, 0.25) is 0 Å². The Balaban J connectivity index is 1.76. The smallest absolute Gasteiger partial charge is 0.410 e. The van der Waals surface area contributed by atoms with Crippen LogP contribution >= 0.6 is 0 Å². The van der Waals surface area contributed by atoms with Crippen molar-refractivity contribution in [3.05, 3.63) is 23.7 Å². The summed E-state index contributed by atoms with van der Waals surface area (Å²) < 4.78 is 11.1. The molecule has 1 aliphatic rings. The highest BCUT2D eigenvalue weighted by Crippen LogP contribution is 2.16. The number of carbonyl (C=O) groups excluding carboxylic acids is 1. The zero-order valence-electron chi connectivity index (χ0n) is 13.4. The topological polar surface area (TPSA) is 54.7 Å². The van der Waals surface area contributed by atoms with E-state index in [0.717, 1.165) is 30.9 Å². The molecule has 1 N–H and O–H groups in total. The fraction of sp³-hybridized carbons (Fsp3) is 0.688. The van der Waals surface area contributed by atoms with E-state index in [1.165, 1.54) is 0 Å². The molecule has 5 nitrogen and oxygen atoms in total. The van der Waals surface area contributed by atoms with Crippen molar-refractivity contribution in [3.8, 4) is 0 Å². The van der Waals surface area contributed by atoms with Crippen molar-refractivity contribution in [1.29, 1.82) is 0 Å². The van der Waals surface area contributed by atoms with Gasteiger partial charge in [-0.05, 0) is 39.3 Å². The summed E-state index contributed by atoms with van der Waals surface area (Å²) in [5.74, 6) is 1.95. The number of furan rings is 1. The lowest BCUT2D eigenvalue weighted by atomic mass is 10.2. The molecule has 0 saturated carbocycles. The molecule has 0 aromatic carbocycles. The molecule has 1 aromatic heterocycles. The Kier molecular flexibility index (Phi) is 4.93. The van der Waals surface area contributed by atoms with Gasteiger partial charge < -0.3 is 19.4 Å². The maximum Gasteiger partial charge on any atom is 0.410 e. The Hall–Kier alpha value is -1.49. The van der Waals surface area contributed by atoms with Gasteiger partial charge >= 0.3 is 6.09 Å². The Morgan fingerprint density at radius 3 is 2.76 bits per heavy atom. The summed E-state index contributed by atoms with van der Waals surface area (Å²) in [6, 6.07) is 4.32. The zero-order valence-corrected chi connectivity index (χ0v) is 13.4. The molecule has 1 aliphatic heterocycles. The van der Waals surface area contributed by atoms with Crippen molar-refractivity contribution in [3.63, 3.8) is 0 Å². The van der Waals surface area contributed by atoms with Gasteiger partial charge in [0.25, 0.3) is 0 Å². The van der Waals surface area contributed by atoms with Gasteiger partial charge in [-0.25, -0.2) is 4.79 Å². The molecule has 1 saturated heterocycles. The highest BCUT2D eigenvalue weighted by Gasteiger charge is 2.29. The summed E-state index contributed by atoms with van der Waals surface area (Å²) in [5.41, 5.74) is -0.437. The quantitative estimate of drug-likeness (QED) is 0.927. The first kappa shape index (κ1) is 15.9. The second-order valence-corrected chi connectivity index (χ2v) is 6.51. The lowest BCUT2D eigenvalue weighted by Crippen LogP contribution is -2.38. The van der Waals surface area contributed by atoms with Gasteiger partial charge in [0.2, 0.25) is 0 Å². The molecule has 5 heteroatoms. The standard InChI is InChI=1S/C16H26N2O3/c1-5-13-6-7-14(20-13)10-17-12-8-9-18(11-12)15(19)21-16(2,3)4/h6-7,12,17H,5,8-11H2,1-4H3. The third kappa shape index (κ3) is 4.77. The molecule has 1 fully saturated rings. The molecule has 0 bridgehead atoms. The van der Waals surface area contributed by atoms with E-state index in [1.54, 1.807) is 4.90 Å². The van der Waals surface area contributed by atoms with Crippen LogP contribution in [0.3, 0.4) is 0 Å². The average molecular weight is 294 g/mol. The molecule has 2 rings (SSSR count). The SMILES string of the molecule is CCc1ccc(CNC2CCN(C(=O)OC(C)(C)C)C2)o1. The second-order valence-electron chi connectivity index (χ2n) is 6.51. The van der Waals surface area contributed by atoms with Crippen LogP contribution in [0.1, 0.15) is 45.6 Å². The van der Waals surface area contributed by atoms with Gasteiger partial charge in [-0.2, -0.15) is 0 Å². The number of hydrogen-bond acceptors (Lipinski definition) is 4. The predicted octanol–water partition coefficient (Wildman–Crippen LogP) is 2.94. The molecule has 1 amide bonds. The number of likely N-dealkylation sites (tertiary alicyclic amines) is 1. The van der Waals surface area contributed by atoms with Gasteiger partial charge in [-0.15, -0.1) is 0 Å². The number of amides is 1. The third-order valence-corrected chi connectivity index (χ3v) is 3.47. The van der Waals surface area contributed by atoms with E-state index in [1.807, 2.05) is 32.9 Å². The Labute approximate surface area is 126 Å². The fourth-order valence-electron chi connectivity index (χ4n) is 2.37. The van der Waals surface area contributed by atoms with Gasteiger partial charge in [0.05, 0.1) is 6.54 Å². The molecule has 2 heterocycles. The van der Waals surface area contributed by atoms with Crippen molar-refractivity contribution in [2.24, 2.45) is 0 Å². The molecule has 118 valence electrons. The van der Waals surface area contributed by atoms with Gasteiger partial charge in [0.15, 0.2) is 0 Å². The van der Waals surface area contributed by atoms with Crippen LogP contribution in [0.5, 0.6) is 0 Å². The molecule has 1 aromatic rings. The first-order valence-corrected chi connectivity index (χ1v) is 7.66. The minimum absolute atomic E-state index is 0.224. The monoisotopic (exact) mass is 294 g/mol. The number of ether oxygens (including phenoxy) is 1. The molecular formula is C16H26N2O3. The van der Waals surface area contributed by atoms with Crippen LogP contribution in [-0.2, 0) is 17.7 Å². The van der Waals surface area contributed by atoms with Crippen LogP contribution < -0.4 is 5.32 Å². The molecular weight excluding hydrogens is 268 g/mol. The molecule has 0 radical (unpaired) electrons. The van der Waals surface area contributed by atoms with E-state index in [4.69, 9.17) is 9.15 Å². The zero-order chi connectivity index (χ0) is 15.5. The number of aryl methyl sites for hydroxylation is 1. The van der Waals surface area contributed by atoms with Crippen LogP contribution in [0.25, 0.3) is 0 Å². The molecule has 1 atom stereocenters.